The summed E-state index contributed by atoms with van der Waals surface area (Å²) in [5.74, 6) is 0.961. The maximum absolute atomic E-state index is 12.1. The van der Waals surface area contributed by atoms with Crippen molar-refractivity contribution in [3.05, 3.63) is 72.1 Å². The van der Waals surface area contributed by atoms with Gasteiger partial charge in [-0.2, -0.15) is 5.10 Å². The average Bonchev–Trinajstić information content (AvgIpc) is 3.16. The molecule has 0 radical (unpaired) electrons. The average molecular weight is 402 g/mol. The van der Waals surface area contributed by atoms with Crippen molar-refractivity contribution in [2.24, 2.45) is 5.73 Å². The molecule has 2 aromatic heterocycles. The van der Waals surface area contributed by atoms with Gasteiger partial charge >= 0.3 is 0 Å². The summed E-state index contributed by atoms with van der Waals surface area (Å²) in [7, 11) is 0. The quantitative estimate of drug-likeness (QED) is 0.356. The van der Waals surface area contributed by atoms with Crippen LogP contribution in [-0.4, -0.2) is 27.7 Å². The number of hydrogen-bond acceptors (Lipinski definition) is 6. The molecular formula is C22H22N6O2. The third-order valence-electron chi connectivity index (χ3n) is 4.68. The van der Waals surface area contributed by atoms with Gasteiger partial charge in [0.15, 0.2) is 5.82 Å². The summed E-state index contributed by atoms with van der Waals surface area (Å²) >= 11 is 0. The van der Waals surface area contributed by atoms with E-state index in [2.05, 4.69) is 31.9 Å². The van der Waals surface area contributed by atoms with Crippen LogP contribution in [0.2, 0.25) is 0 Å². The second-order valence-corrected chi connectivity index (χ2v) is 6.60. The Labute approximate surface area is 173 Å². The predicted octanol–water partition coefficient (Wildman–Crippen LogP) is 3.81. The number of pyridine rings is 1. The molecule has 152 valence electrons. The first kappa shape index (κ1) is 19.3. The Hall–Kier alpha value is -4.07. The standard InChI is InChI=1S/C22H22N6O2/c1-2-30-18-10-9-14-6-3-4-8-16(14)17(18)13-25-21-19(20(23)29)22(28-27-21)26-15-7-5-11-24-12-15/h3-12H,2,13H2,1H3,(H2,23,29)(H3,25,26,27,28). The van der Waals surface area contributed by atoms with Crippen molar-refractivity contribution >= 4 is 34.0 Å². The van der Waals surface area contributed by atoms with Crippen LogP contribution in [0.15, 0.2) is 60.9 Å². The first-order valence-corrected chi connectivity index (χ1v) is 9.60. The molecule has 0 fully saturated rings. The summed E-state index contributed by atoms with van der Waals surface area (Å²) < 4.78 is 5.82. The number of hydrogen-bond donors (Lipinski definition) is 4. The number of carbonyl (C=O) groups is 1. The number of ether oxygens (including phenoxy) is 1. The molecule has 2 heterocycles. The summed E-state index contributed by atoms with van der Waals surface area (Å²) in [5.41, 5.74) is 7.57. The second-order valence-electron chi connectivity index (χ2n) is 6.60. The highest BCUT2D eigenvalue weighted by Gasteiger charge is 2.19. The highest BCUT2D eigenvalue weighted by atomic mass is 16.5. The number of benzene rings is 2. The number of aromatic nitrogens is 3. The molecule has 8 nitrogen and oxygen atoms in total. The van der Waals surface area contributed by atoms with E-state index < -0.39 is 5.91 Å². The first-order valence-electron chi connectivity index (χ1n) is 9.60. The van der Waals surface area contributed by atoms with Gasteiger partial charge in [-0.15, -0.1) is 0 Å². The molecule has 0 bridgehead atoms. The minimum Gasteiger partial charge on any atom is -0.494 e. The van der Waals surface area contributed by atoms with Crippen LogP contribution in [0.5, 0.6) is 5.75 Å². The van der Waals surface area contributed by atoms with E-state index in [1.165, 1.54) is 0 Å². The van der Waals surface area contributed by atoms with Crippen molar-refractivity contribution in [1.82, 2.24) is 15.2 Å². The molecule has 0 saturated heterocycles. The normalized spacial score (nSPS) is 10.7. The molecule has 2 aromatic carbocycles. The Balaban J connectivity index is 1.64. The molecule has 0 spiro atoms. The van der Waals surface area contributed by atoms with Crippen molar-refractivity contribution in [2.45, 2.75) is 13.5 Å². The van der Waals surface area contributed by atoms with E-state index in [0.29, 0.717) is 30.5 Å². The SMILES string of the molecule is CCOc1ccc2ccccc2c1CNc1[nH]nc(Nc2cccnc2)c1C(N)=O. The maximum Gasteiger partial charge on any atom is 0.256 e. The van der Waals surface area contributed by atoms with Gasteiger partial charge in [-0.05, 0) is 35.9 Å². The fraction of sp³-hybridized carbons (Fsp3) is 0.136. The zero-order valence-electron chi connectivity index (χ0n) is 16.5. The van der Waals surface area contributed by atoms with Crippen LogP contribution < -0.4 is 21.1 Å². The second kappa shape index (κ2) is 8.52. The van der Waals surface area contributed by atoms with Crippen LogP contribution in [0.1, 0.15) is 22.8 Å². The molecule has 0 saturated carbocycles. The molecule has 1 amide bonds. The monoisotopic (exact) mass is 402 g/mol. The lowest BCUT2D eigenvalue weighted by Gasteiger charge is -2.14. The Morgan fingerprint density at radius 1 is 1.17 bits per heavy atom. The number of aromatic amines is 1. The lowest BCUT2D eigenvalue weighted by atomic mass is 10.0. The largest absolute Gasteiger partial charge is 0.494 e. The van der Waals surface area contributed by atoms with Crippen molar-refractivity contribution < 1.29 is 9.53 Å². The van der Waals surface area contributed by atoms with Gasteiger partial charge < -0.3 is 21.1 Å². The van der Waals surface area contributed by atoms with Gasteiger partial charge in [0.1, 0.15) is 17.1 Å². The number of anilines is 3. The zero-order chi connectivity index (χ0) is 20.9. The summed E-state index contributed by atoms with van der Waals surface area (Å²) in [6.07, 6.45) is 3.30. The molecule has 4 rings (SSSR count). The van der Waals surface area contributed by atoms with E-state index in [9.17, 15) is 4.79 Å². The van der Waals surface area contributed by atoms with Crippen molar-refractivity contribution in [2.75, 3.05) is 17.2 Å². The Morgan fingerprint density at radius 2 is 2.03 bits per heavy atom. The third kappa shape index (κ3) is 3.88. The Morgan fingerprint density at radius 3 is 2.80 bits per heavy atom. The minimum absolute atomic E-state index is 0.247. The molecule has 8 heteroatoms. The molecule has 0 aliphatic heterocycles. The maximum atomic E-state index is 12.1. The highest BCUT2D eigenvalue weighted by molar-refractivity contribution is 6.03. The molecular weight excluding hydrogens is 380 g/mol. The van der Waals surface area contributed by atoms with Crippen molar-refractivity contribution in [1.29, 1.82) is 0 Å². The molecule has 0 aliphatic rings. The van der Waals surface area contributed by atoms with Gasteiger partial charge in [0.2, 0.25) is 0 Å². The van der Waals surface area contributed by atoms with Crippen LogP contribution in [0.4, 0.5) is 17.3 Å². The van der Waals surface area contributed by atoms with Crippen LogP contribution in [-0.2, 0) is 6.54 Å². The number of nitrogens with zero attached hydrogens (tertiary/aromatic N) is 2. The molecule has 5 N–H and O–H groups in total. The van der Waals surface area contributed by atoms with Crippen molar-refractivity contribution in [3.63, 3.8) is 0 Å². The van der Waals surface area contributed by atoms with Crippen LogP contribution in [0.25, 0.3) is 10.8 Å². The minimum atomic E-state index is -0.597. The highest BCUT2D eigenvalue weighted by Crippen LogP contribution is 2.30. The number of nitrogens with one attached hydrogen (secondary N) is 3. The Bertz CT molecular complexity index is 1170. The topological polar surface area (TPSA) is 118 Å². The van der Waals surface area contributed by atoms with Gasteiger partial charge in [0.25, 0.3) is 5.91 Å². The van der Waals surface area contributed by atoms with E-state index in [1.807, 2.05) is 43.3 Å². The number of H-pyrrole nitrogens is 1. The van der Waals surface area contributed by atoms with E-state index in [4.69, 9.17) is 10.5 Å². The number of rotatable bonds is 8. The van der Waals surface area contributed by atoms with E-state index in [1.54, 1.807) is 18.5 Å². The smallest absolute Gasteiger partial charge is 0.256 e. The fourth-order valence-electron chi connectivity index (χ4n) is 3.34. The van der Waals surface area contributed by atoms with Crippen LogP contribution in [0, 0.1) is 0 Å². The van der Waals surface area contributed by atoms with Crippen molar-refractivity contribution in [3.8, 4) is 5.75 Å². The first-order chi connectivity index (χ1) is 14.7. The van der Waals surface area contributed by atoms with Gasteiger partial charge in [-0.3, -0.25) is 14.9 Å². The van der Waals surface area contributed by atoms with Crippen LogP contribution in [0.3, 0.4) is 0 Å². The molecule has 4 aromatic rings. The van der Waals surface area contributed by atoms with Gasteiger partial charge in [-0.25, -0.2) is 0 Å². The summed E-state index contributed by atoms with van der Waals surface area (Å²) in [5, 5.41) is 15.6. The lowest BCUT2D eigenvalue weighted by Crippen LogP contribution is -2.15. The molecule has 0 aliphatic carbocycles. The van der Waals surface area contributed by atoms with Crippen LogP contribution >= 0.6 is 0 Å². The summed E-state index contributed by atoms with van der Waals surface area (Å²) in [6, 6.07) is 15.7. The molecule has 0 atom stereocenters. The number of amides is 1. The zero-order valence-corrected chi connectivity index (χ0v) is 16.5. The summed E-state index contributed by atoms with van der Waals surface area (Å²) in [4.78, 5) is 16.2. The fourth-order valence-corrected chi connectivity index (χ4v) is 3.34. The van der Waals surface area contributed by atoms with E-state index in [0.717, 1.165) is 22.1 Å². The van der Waals surface area contributed by atoms with Gasteiger partial charge in [-0.1, -0.05) is 30.3 Å². The third-order valence-corrected chi connectivity index (χ3v) is 4.68. The van der Waals surface area contributed by atoms with E-state index >= 15 is 0 Å². The lowest BCUT2D eigenvalue weighted by molar-refractivity contribution is 0.100. The predicted molar refractivity (Wildman–Crippen MR) is 117 cm³/mol. The molecule has 0 unspecified atom stereocenters. The van der Waals surface area contributed by atoms with E-state index in [-0.39, 0.29) is 5.56 Å². The number of carbonyl (C=O) groups excluding carboxylic acids is 1. The number of nitrogens with two attached hydrogens (primary N) is 1. The number of primary amides is 1. The van der Waals surface area contributed by atoms with Gasteiger partial charge in [0.05, 0.1) is 18.5 Å². The van der Waals surface area contributed by atoms with Gasteiger partial charge in [0, 0.05) is 18.3 Å². The molecule has 30 heavy (non-hydrogen) atoms. The number of fused-ring (bicyclic) bond motifs is 1. The Kier molecular flexibility index (Phi) is 5.47. The summed E-state index contributed by atoms with van der Waals surface area (Å²) in [6.45, 7) is 2.93.